The minimum Gasteiger partial charge on any atom is -0.366 e. The van der Waals surface area contributed by atoms with Gasteiger partial charge < -0.3 is 11.1 Å². The van der Waals surface area contributed by atoms with Gasteiger partial charge in [0, 0.05) is 23.1 Å². The number of nitrogens with one attached hydrogen (secondary N) is 2. The third-order valence-electron chi connectivity index (χ3n) is 3.21. The molecule has 0 heterocycles. The van der Waals surface area contributed by atoms with E-state index in [1.165, 1.54) is 55.1 Å². The van der Waals surface area contributed by atoms with Gasteiger partial charge in [0.2, 0.25) is 11.8 Å². The van der Waals surface area contributed by atoms with Crippen molar-refractivity contribution in [1.29, 1.82) is 0 Å². The minimum absolute atomic E-state index is 0.00743. The topological polar surface area (TPSA) is 118 Å². The molecule has 0 saturated carbocycles. The summed E-state index contributed by atoms with van der Waals surface area (Å²) in [4.78, 5) is 23.1. The van der Waals surface area contributed by atoms with Gasteiger partial charge in [-0.25, -0.2) is 8.42 Å². The van der Waals surface area contributed by atoms with Gasteiger partial charge in [-0.1, -0.05) is 0 Å². The van der Waals surface area contributed by atoms with Crippen molar-refractivity contribution >= 4 is 45.0 Å². The zero-order valence-electron chi connectivity index (χ0n) is 13.6. The van der Waals surface area contributed by atoms with Gasteiger partial charge in [0.15, 0.2) is 0 Å². The molecule has 2 amide bonds. The van der Waals surface area contributed by atoms with Crippen LogP contribution in [0.15, 0.2) is 52.3 Å². The molecule has 2 aromatic carbocycles. The first kappa shape index (κ1) is 18.8. The standard InChI is InChI=1S/C16H17N3O4S2/c1-10(20)18-14-9-13(7-8-15(14)24-2)25(22,23)19-12-5-3-11(4-6-12)16(17)21/h3-9,19H,1-2H3,(H2,17,21)(H,18,20). The molecule has 0 aromatic heterocycles. The fourth-order valence-corrected chi connectivity index (χ4v) is 3.68. The molecule has 25 heavy (non-hydrogen) atoms. The minimum atomic E-state index is -3.86. The maximum atomic E-state index is 12.5. The lowest BCUT2D eigenvalue weighted by molar-refractivity contribution is -0.114. The fraction of sp³-hybridized carbons (Fsp3) is 0.125. The Hall–Kier alpha value is -2.52. The largest absolute Gasteiger partial charge is 0.366 e. The Morgan fingerprint density at radius 1 is 1.08 bits per heavy atom. The Labute approximate surface area is 150 Å². The van der Waals surface area contributed by atoms with Gasteiger partial charge in [-0.3, -0.25) is 14.3 Å². The van der Waals surface area contributed by atoms with E-state index in [4.69, 9.17) is 5.73 Å². The van der Waals surface area contributed by atoms with Gasteiger partial charge in [-0.2, -0.15) is 0 Å². The van der Waals surface area contributed by atoms with Crippen molar-refractivity contribution < 1.29 is 18.0 Å². The van der Waals surface area contributed by atoms with Gasteiger partial charge in [0.25, 0.3) is 10.0 Å². The molecule has 0 aliphatic rings. The van der Waals surface area contributed by atoms with Crippen LogP contribution in [0.4, 0.5) is 11.4 Å². The molecule has 0 saturated heterocycles. The third-order valence-corrected chi connectivity index (χ3v) is 5.39. The highest BCUT2D eigenvalue weighted by molar-refractivity contribution is 7.98. The first-order valence-electron chi connectivity index (χ1n) is 7.11. The molecule has 132 valence electrons. The Balaban J connectivity index is 2.32. The van der Waals surface area contributed by atoms with Gasteiger partial charge in [0.1, 0.15) is 0 Å². The smallest absolute Gasteiger partial charge is 0.261 e. The zero-order chi connectivity index (χ0) is 18.6. The number of nitrogens with two attached hydrogens (primary N) is 1. The molecular formula is C16H17N3O4S2. The number of sulfonamides is 1. The summed E-state index contributed by atoms with van der Waals surface area (Å²) >= 11 is 1.39. The molecule has 9 heteroatoms. The third kappa shape index (κ3) is 4.74. The van der Waals surface area contributed by atoms with Gasteiger partial charge in [-0.05, 0) is 48.7 Å². The molecule has 2 aromatic rings. The van der Waals surface area contributed by atoms with Crippen molar-refractivity contribution in [3.05, 3.63) is 48.0 Å². The summed E-state index contributed by atoms with van der Waals surface area (Å²) in [5.41, 5.74) is 6.14. The van der Waals surface area contributed by atoms with E-state index in [0.29, 0.717) is 11.4 Å². The molecule has 0 unspecified atom stereocenters. The number of carbonyl (C=O) groups is 2. The highest BCUT2D eigenvalue weighted by Gasteiger charge is 2.17. The maximum Gasteiger partial charge on any atom is 0.261 e. The predicted molar refractivity (Wildman–Crippen MR) is 98.3 cm³/mol. The summed E-state index contributed by atoms with van der Waals surface area (Å²) in [5, 5.41) is 2.62. The number of thioether (sulfide) groups is 1. The van der Waals surface area contributed by atoms with Crippen molar-refractivity contribution in [2.45, 2.75) is 16.7 Å². The summed E-state index contributed by atoms with van der Waals surface area (Å²) in [5.74, 6) is -0.887. The van der Waals surface area contributed by atoms with Crippen molar-refractivity contribution in [3.8, 4) is 0 Å². The molecule has 7 nitrogen and oxygen atoms in total. The Kier molecular flexibility index (Phi) is 5.70. The normalized spacial score (nSPS) is 11.0. The summed E-state index contributed by atoms with van der Waals surface area (Å²) in [6.07, 6.45) is 1.83. The number of rotatable bonds is 6. The number of amides is 2. The van der Waals surface area contributed by atoms with Crippen LogP contribution in [0.5, 0.6) is 0 Å². The monoisotopic (exact) mass is 379 g/mol. The van der Waals surface area contributed by atoms with Crippen LogP contribution in [0.1, 0.15) is 17.3 Å². The van der Waals surface area contributed by atoms with Crippen molar-refractivity contribution in [1.82, 2.24) is 0 Å². The molecule has 0 bridgehead atoms. The predicted octanol–water partition coefficient (Wildman–Crippen LogP) is 2.27. The second-order valence-corrected chi connectivity index (χ2v) is 7.62. The molecule has 4 N–H and O–H groups in total. The van der Waals surface area contributed by atoms with E-state index in [0.717, 1.165) is 4.90 Å². The van der Waals surface area contributed by atoms with E-state index < -0.39 is 15.9 Å². The van der Waals surface area contributed by atoms with Crippen molar-refractivity contribution in [2.24, 2.45) is 5.73 Å². The average Bonchev–Trinajstić information content (AvgIpc) is 2.54. The number of hydrogen-bond acceptors (Lipinski definition) is 5. The Morgan fingerprint density at radius 2 is 1.72 bits per heavy atom. The SMILES string of the molecule is CSc1ccc(S(=O)(=O)Nc2ccc(C(N)=O)cc2)cc1NC(C)=O. The van der Waals surface area contributed by atoms with E-state index >= 15 is 0 Å². The van der Waals surface area contributed by atoms with Crippen LogP contribution < -0.4 is 15.8 Å². The van der Waals surface area contributed by atoms with E-state index in [1.54, 1.807) is 6.07 Å². The molecule has 0 radical (unpaired) electrons. The number of carbonyl (C=O) groups excluding carboxylic acids is 2. The van der Waals surface area contributed by atoms with E-state index in [2.05, 4.69) is 10.0 Å². The van der Waals surface area contributed by atoms with E-state index in [-0.39, 0.29) is 16.4 Å². The highest BCUT2D eigenvalue weighted by Crippen LogP contribution is 2.29. The van der Waals surface area contributed by atoms with Gasteiger partial charge in [-0.15, -0.1) is 11.8 Å². The summed E-state index contributed by atoms with van der Waals surface area (Å²) in [6, 6.07) is 10.2. The summed E-state index contributed by atoms with van der Waals surface area (Å²) in [7, 11) is -3.86. The molecule has 2 rings (SSSR count). The summed E-state index contributed by atoms with van der Waals surface area (Å²) < 4.78 is 27.5. The first-order chi connectivity index (χ1) is 11.7. The lowest BCUT2D eigenvalue weighted by Gasteiger charge is -2.12. The number of anilines is 2. The number of hydrogen-bond donors (Lipinski definition) is 3. The maximum absolute atomic E-state index is 12.5. The lowest BCUT2D eigenvalue weighted by Crippen LogP contribution is -2.15. The van der Waals surface area contributed by atoms with Crippen LogP contribution in [0, 0.1) is 0 Å². The molecule has 0 fully saturated rings. The Bertz CT molecular complexity index is 909. The second-order valence-electron chi connectivity index (χ2n) is 5.09. The van der Waals surface area contributed by atoms with Crippen LogP contribution in [0.25, 0.3) is 0 Å². The lowest BCUT2D eigenvalue weighted by atomic mass is 10.2. The molecule has 0 aliphatic heterocycles. The summed E-state index contributed by atoms with van der Waals surface area (Å²) in [6.45, 7) is 1.35. The van der Waals surface area contributed by atoms with Gasteiger partial charge in [0.05, 0.1) is 10.6 Å². The van der Waals surface area contributed by atoms with Crippen LogP contribution in [0.3, 0.4) is 0 Å². The molecule has 0 spiro atoms. The van der Waals surface area contributed by atoms with E-state index in [1.807, 2.05) is 6.26 Å². The van der Waals surface area contributed by atoms with Crippen LogP contribution in [0.2, 0.25) is 0 Å². The first-order valence-corrected chi connectivity index (χ1v) is 9.82. The number of primary amides is 1. The van der Waals surface area contributed by atoms with Crippen molar-refractivity contribution in [2.75, 3.05) is 16.3 Å². The van der Waals surface area contributed by atoms with Gasteiger partial charge >= 0.3 is 0 Å². The highest BCUT2D eigenvalue weighted by atomic mass is 32.2. The fourth-order valence-electron chi connectivity index (χ4n) is 2.06. The average molecular weight is 379 g/mol. The Morgan fingerprint density at radius 3 is 2.24 bits per heavy atom. The van der Waals surface area contributed by atoms with Crippen LogP contribution in [-0.4, -0.2) is 26.5 Å². The second kappa shape index (κ2) is 7.58. The quantitative estimate of drug-likeness (QED) is 0.665. The molecular weight excluding hydrogens is 362 g/mol. The molecule has 0 atom stereocenters. The zero-order valence-corrected chi connectivity index (χ0v) is 15.2. The van der Waals surface area contributed by atoms with Crippen LogP contribution in [-0.2, 0) is 14.8 Å². The van der Waals surface area contributed by atoms with Crippen molar-refractivity contribution in [3.63, 3.8) is 0 Å². The van der Waals surface area contributed by atoms with E-state index in [9.17, 15) is 18.0 Å². The number of benzene rings is 2. The molecule has 0 aliphatic carbocycles. The van der Waals surface area contributed by atoms with Crippen LogP contribution >= 0.6 is 11.8 Å².